The minimum atomic E-state index is -0.971. The van der Waals surface area contributed by atoms with Crippen molar-refractivity contribution >= 4 is 23.2 Å². The number of nitro groups is 1. The second-order valence-corrected chi connectivity index (χ2v) is 6.44. The number of hydrogen-bond donors (Lipinski definition) is 1. The molecule has 0 saturated carbocycles. The Bertz CT molecular complexity index is 888. The summed E-state index contributed by atoms with van der Waals surface area (Å²) in [5.41, 5.74) is 0.451. The summed E-state index contributed by atoms with van der Waals surface area (Å²) in [6, 6.07) is 12.5. The van der Waals surface area contributed by atoms with E-state index in [4.69, 9.17) is 0 Å². The van der Waals surface area contributed by atoms with Crippen LogP contribution in [0.2, 0.25) is 0 Å². The number of carbonyl (C=O) groups is 2. The topological polar surface area (TPSA) is 92.6 Å². The SMILES string of the molecule is CC(NC(=O)C1CC(=O)N(c2ccc(F)c([N+](=O)[O-])c2)C1)c1ccccc1. The van der Waals surface area contributed by atoms with Crippen LogP contribution in [0, 0.1) is 21.8 Å². The predicted octanol–water partition coefficient (Wildman–Crippen LogP) is 2.96. The van der Waals surface area contributed by atoms with Crippen LogP contribution in [-0.2, 0) is 9.59 Å². The number of halogens is 1. The van der Waals surface area contributed by atoms with Crippen LogP contribution in [0.5, 0.6) is 0 Å². The zero-order chi connectivity index (χ0) is 19.6. The lowest BCUT2D eigenvalue weighted by Crippen LogP contribution is -2.34. The summed E-state index contributed by atoms with van der Waals surface area (Å²) in [5.74, 6) is -2.14. The molecule has 7 nitrogen and oxygen atoms in total. The van der Waals surface area contributed by atoms with E-state index in [2.05, 4.69) is 5.32 Å². The number of anilines is 1. The van der Waals surface area contributed by atoms with Crippen molar-refractivity contribution in [1.82, 2.24) is 5.32 Å². The quantitative estimate of drug-likeness (QED) is 0.646. The highest BCUT2D eigenvalue weighted by molar-refractivity contribution is 6.00. The Morgan fingerprint density at radius 1 is 1.30 bits per heavy atom. The third-order valence-corrected chi connectivity index (χ3v) is 4.59. The van der Waals surface area contributed by atoms with Crippen LogP contribution in [0.3, 0.4) is 0 Å². The molecule has 27 heavy (non-hydrogen) atoms. The van der Waals surface area contributed by atoms with E-state index < -0.39 is 22.3 Å². The number of nitro benzene ring substituents is 1. The van der Waals surface area contributed by atoms with Crippen molar-refractivity contribution in [3.8, 4) is 0 Å². The fourth-order valence-corrected chi connectivity index (χ4v) is 3.10. The van der Waals surface area contributed by atoms with Crippen molar-refractivity contribution in [3.63, 3.8) is 0 Å². The number of rotatable bonds is 5. The van der Waals surface area contributed by atoms with Gasteiger partial charge in [-0.05, 0) is 24.6 Å². The first-order chi connectivity index (χ1) is 12.9. The average Bonchev–Trinajstić information content (AvgIpc) is 3.04. The normalized spacial score (nSPS) is 17.6. The summed E-state index contributed by atoms with van der Waals surface area (Å²) < 4.78 is 13.5. The molecule has 2 unspecified atom stereocenters. The third-order valence-electron chi connectivity index (χ3n) is 4.59. The van der Waals surface area contributed by atoms with Gasteiger partial charge < -0.3 is 10.2 Å². The van der Waals surface area contributed by atoms with Crippen LogP contribution < -0.4 is 10.2 Å². The van der Waals surface area contributed by atoms with Crippen molar-refractivity contribution in [2.45, 2.75) is 19.4 Å². The molecule has 2 aromatic carbocycles. The maximum absolute atomic E-state index is 13.5. The molecule has 0 aromatic heterocycles. The Labute approximate surface area is 154 Å². The lowest BCUT2D eigenvalue weighted by Gasteiger charge is -2.19. The van der Waals surface area contributed by atoms with E-state index in [1.165, 1.54) is 11.0 Å². The minimum absolute atomic E-state index is 0.00147. The summed E-state index contributed by atoms with van der Waals surface area (Å²) in [7, 11) is 0. The zero-order valence-corrected chi connectivity index (χ0v) is 14.6. The van der Waals surface area contributed by atoms with Crippen molar-refractivity contribution in [2.24, 2.45) is 5.92 Å². The number of hydrogen-bond acceptors (Lipinski definition) is 4. The molecule has 2 amide bonds. The van der Waals surface area contributed by atoms with Gasteiger partial charge in [0.2, 0.25) is 17.6 Å². The van der Waals surface area contributed by atoms with Gasteiger partial charge in [0, 0.05) is 19.0 Å². The van der Waals surface area contributed by atoms with Gasteiger partial charge in [-0.1, -0.05) is 30.3 Å². The van der Waals surface area contributed by atoms with Crippen LogP contribution in [0.15, 0.2) is 48.5 Å². The monoisotopic (exact) mass is 371 g/mol. The lowest BCUT2D eigenvalue weighted by molar-refractivity contribution is -0.387. The van der Waals surface area contributed by atoms with Gasteiger partial charge in [-0.2, -0.15) is 4.39 Å². The van der Waals surface area contributed by atoms with Crippen LogP contribution >= 0.6 is 0 Å². The molecule has 8 heteroatoms. The van der Waals surface area contributed by atoms with Crippen LogP contribution in [0.4, 0.5) is 15.8 Å². The predicted molar refractivity (Wildman–Crippen MR) is 96.5 cm³/mol. The average molecular weight is 371 g/mol. The van der Waals surface area contributed by atoms with Crippen molar-refractivity contribution in [2.75, 3.05) is 11.4 Å². The Morgan fingerprint density at radius 3 is 2.67 bits per heavy atom. The van der Waals surface area contributed by atoms with Crippen molar-refractivity contribution < 1.29 is 18.9 Å². The lowest BCUT2D eigenvalue weighted by atomic mass is 10.1. The highest BCUT2D eigenvalue weighted by atomic mass is 19.1. The smallest absolute Gasteiger partial charge is 0.306 e. The molecule has 0 bridgehead atoms. The van der Waals surface area contributed by atoms with Crippen LogP contribution in [-0.4, -0.2) is 23.3 Å². The Morgan fingerprint density at radius 2 is 2.00 bits per heavy atom. The molecule has 0 aliphatic carbocycles. The van der Waals surface area contributed by atoms with E-state index in [1.54, 1.807) is 0 Å². The van der Waals surface area contributed by atoms with Crippen LogP contribution in [0.1, 0.15) is 24.9 Å². The van der Waals surface area contributed by atoms with E-state index in [1.807, 2.05) is 37.3 Å². The van der Waals surface area contributed by atoms with Gasteiger partial charge in [-0.15, -0.1) is 0 Å². The Balaban J connectivity index is 1.71. The standard InChI is InChI=1S/C19H18FN3O4/c1-12(13-5-3-2-4-6-13)21-19(25)14-9-18(24)22(11-14)15-7-8-16(20)17(10-15)23(26)27/h2-8,10,12,14H,9,11H2,1H3,(H,21,25). The largest absolute Gasteiger partial charge is 0.349 e. The molecule has 1 aliphatic rings. The Kier molecular flexibility index (Phi) is 5.16. The molecule has 2 aromatic rings. The molecule has 1 saturated heterocycles. The number of nitrogens with one attached hydrogen (secondary N) is 1. The van der Waals surface area contributed by atoms with Gasteiger partial charge in [0.05, 0.1) is 22.6 Å². The summed E-state index contributed by atoms with van der Waals surface area (Å²) in [6.45, 7) is 1.94. The fraction of sp³-hybridized carbons (Fsp3) is 0.263. The molecular formula is C19H18FN3O4. The van der Waals surface area contributed by atoms with E-state index >= 15 is 0 Å². The molecule has 0 radical (unpaired) electrons. The Hall–Kier alpha value is -3.29. The van der Waals surface area contributed by atoms with E-state index in [9.17, 15) is 24.1 Å². The minimum Gasteiger partial charge on any atom is -0.349 e. The summed E-state index contributed by atoms with van der Waals surface area (Å²) in [5, 5.41) is 13.8. The maximum atomic E-state index is 13.5. The molecule has 1 N–H and O–H groups in total. The number of carbonyl (C=O) groups excluding carboxylic acids is 2. The first kappa shape index (κ1) is 18.5. The van der Waals surface area contributed by atoms with Gasteiger partial charge in [-0.3, -0.25) is 19.7 Å². The van der Waals surface area contributed by atoms with Gasteiger partial charge in [0.25, 0.3) is 0 Å². The molecule has 1 aliphatic heterocycles. The maximum Gasteiger partial charge on any atom is 0.306 e. The fourth-order valence-electron chi connectivity index (χ4n) is 3.10. The van der Waals surface area contributed by atoms with Gasteiger partial charge >= 0.3 is 5.69 Å². The second-order valence-electron chi connectivity index (χ2n) is 6.44. The van der Waals surface area contributed by atoms with Gasteiger partial charge in [-0.25, -0.2) is 0 Å². The molecule has 1 fully saturated rings. The first-order valence-electron chi connectivity index (χ1n) is 8.46. The molecular weight excluding hydrogens is 353 g/mol. The van der Waals surface area contributed by atoms with E-state index in [-0.39, 0.29) is 36.5 Å². The van der Waals surface area contributed by atoms with Crippen LogP contribution in [0.25, 0.3) is 0 Å². The number of nitrogens with zero attached hydrogens (tertiary/aromatic N) is 2. The van der Waals surface area contributed by atoms with Crippen molar-refractivity contribution in [3.05, 3.63) is 70.0 Å². The highest BCUT2D eigenvalue weighted by Gasteiger charge is 2.36. The molecule has 3 rings (SSSR count). The number of benzene rings is 2. The second kappa shape index (κ2) is 7.53. The van der Waals surface area contributed by atoms with Gasteiger partial charge in [0.1, 0.15) is 0 Å². The number of amides is 2. The summed E-state index contributed by atoms with van der Waals surface area (Å²) >= 11 is 0. The van der Waals surface area contributed by atoms with Gasteiger partial charge in [0.15, 0.2) is 0 Å². The zero-order valence-electron chi connectivity index (χ0n) is 14.6. The molecule has 1 heterocycles. The summed E-state index contributed by atoms with van der Waals surface area (Å²) in [6.07, 6.45) is -0.00147. The molecule has 140 valence electrons. The highest BCUT2D eigenvalue weighted by Crippen LogP contribution is 2.30. The van der Waals surface area contributed by atoms with E-state index in [0.717, 1.165) is 17.7 Å². The third kappa shape index (κ3) is 3.94. The summed E-state index contributed by atoms with van der Waals surface area (Å²) in [4.78, 5) is 36.2. The van der Waals surface area contributed by atoms with Crippen molar-refractivity contribution in [1.29, 1.82) is 0 Å². The molecule has 2 atom stereocenters. The van der Waals surface area contributed by atoms with E-state index in [0.29, 0.717) is 0 Å². The first-order valence-corrected chi connectivity index (χ1v) is 8.46. The molecule has 0 spiro atoms.